The number of hydrogen-bond acceptors (Lipinski definition) is 6. The highest BCUT2D eigenvalue weighted by Gasteiger charge is 2.28. The number of carbonyl (C=O) groups excluding carboxylic acids is 4. The zero-order valence-electron chi connectivity index (χ0n) is 21.1. The van der Waals surface area contributed by atoms with Crippen molar-refractivity contribution < 1.29 is 28.7 Å². The van der Waals surface area contributed by atoms with E-state index in [1.54, 1.807) is 9.80 Å². The molecular weight excluding hydrogens is 438 g/mol. The molecule has 0 aromatic rings. The first-order chi connectivity index (χ1) is 16.1. The smallest absolute Gasteiger partial charge is 0.410 e. The van der Waals surface area contributed by atoms with Crippen molar-refractivity contribution in [2.75, 3.05) is 39.8 Å². The van der Waals surface area contributed by atoms with E-state index >= 15 is 0 Å². The molecule has 3 amide bonds. The molecular formula is C25H41N3O6. The maximum absolute atomic E-state index is 13.0. The lowest BCUT2D eigenvalue weighted by atomic mass is 9.92. The molecule has 9 heteroatoms. The lowest BCUT2D eigenvalue weighted by molar-refractivity contribution is -0.140. The number of nitrogens with zero attached hydrogens (tertiary/aromatic N) is 2. The van der Waals surface area contributed by atoms with Gasteiger partial charge in [-0.1, -0.05) is 12.2 Å². The summed E-state index contributed by atoms with van der Waals surface area (Å²) in [5, 5.41) is 2.78. The number of carbonyl (C=O) groups is 4. The molecule has 0 aromatic heterocycles. The summed E-state index contributed by atoms with van der Waals surface area (Å²) in [5.41, 5.74) is -0.502. The van der Waals surface area contributed by atoms with Crippen molar-refractivity contribution in [3.63, 3.8) is 0 Å². The fraction of sp³-hybridized carbons (Fsp3) is 0.760. The number of esters is 1. The van der Waals surface area contributed by atoms with Gasteiger partial charge in [0.25, 0.3) is 0 Å². The number of amides is 3. The van der Waals surface area contributed by atoms with E-state index in [2.05, 4.69) is 10.1 Å². The van der Waals surface area contributed by atoms with Crippen LogP contribution in [0.3, 0.4) is 0 Å². The van der Waals surface area contributed by atoms with Gasteiger partial charge in [0.2, 0.25) is 11.8 Å². The topological polar surface area (TPSA) is 105 Å². The fourth-order valence-electron chi connectivity index (χ4n) is 4.21. The summed E-state index contributed by atoms with van der Waals surface area (Å²) in [6.07, 6.45) is 8.15. The van der Waals surface area contributed by atoms with Gasteiger partial charge in [-0.15, -0.1) is 0 Å². The monoisotopic (exact) mass is 479 g/mol. The Kier molecular flexibility index (Phi) is 10.9. The van der Waals surface area contributed by atoms with Crippen LogP contribution in [0.2, 0.25) is 0 Å². The summed E-state index contributed by atoms with van der Waals surface area (Å²) in [5.74, 6) is -0.392. The van der Waals surface area contributed by atoms with Crippen LogP contribution < -0.4 is 5.32 Å². The Morgan fingerprint density at radius 2 is 1.71 bits per heavy atom. The highest BCUT2D eigenvalue weighted by atomic mass is 16.6. The van der Waals surface area contributed by atoms with E-state index in [0.29, 0.717) is 44.9 Å². The van der Waals surface area contributed by atoms with E-state index in [0.717, 1.165) is 25.7 Å². The van der Waals surface area contributed by atoms with Gasteiger partial charge in [-0.25, -0.2) is 4.79 Å². The van der Waals surface area contributed by atoms with Crippen molar-refractivity contribution in [1.82, 2.24) is 15.1 Å². The molecule has 192 valence electrons. The van der Waals surface area contributed by atoms with Crippen LogP contribution in [-0.2, 0) is 23.9 Å². The molecule has 2 rings (SSSR count). The van der Waals surface area contributed by atoms with Crippen molar-refractivity contribution in [2.45, 2.75) is 71.3 Å². The summed E-state index contributed by atoms with van der Waals surface area (Å²) in [4.78, 5) is 52.6. The normalized spacial score (nSPS) is 19.7. The number of ether oxygens (including phenoxy) is 2. The molecule has 1 fully saturated rings. The van der Waals surface area contributed by atoms with Crippen LogP contribution in [0.15, 0.2) is 12.2 Å². The van der Waals surface area contributed by atoms with E-state index in [4.69, 9.17) is 4.74 Å². The fourth-order valence-corrected chi connectivity index (χ4v) is 4.21. The zero-order valence-corrected chi connectivity index (χ0v) is 21.1. The van der Waals surface area contributed by atoms with Gasteiger partial charge >= 0.3 is 12.1 Å². The summed E-state index contributed by atoms with van der Waals surface area (Å²) >= 11 is 0. The van der Waals surface area contributed by atoms with Crippen molar-refractivity contribution >= 4 is 23.9 Å². The minimum absolute atomic E-state index is 0.0669. The molecule has 34 heavy (non-hydrogen) atoms. The lowest BCUT2D eigenvalue weighted by Gasteiger charge is -2.34. The molecule has 9 nitrogen and oxygen atoms in total. The van der Waals surface area contributed by atoms with E-state index in [9.17, 15) is 19.2 Å². The highest BCUT2D eigenvalue weighted by molar-refractivity contribution is 5.81. The third kappa shape index (κ3) is 9.73. The summed E-state index contributed by atoms with van der Waals surface area (Å²) in [6.45, 7) is 8.08. The average molecular weight is 480 g/mol. The summed E-state index contributed by atoms with van der Waals surface area (Å²) < 4.78 is 10.0. The molecule has 0 spiro atoms. The van der Waals surface area contributed by atoms with E-state index in [1.807, 2.05) is 32.9 Å². The Balaban J connectivity index is 1.78. The Bertz CT molecular complexity index is 737. The van der Waals surface area contributed by atoms with Gasteiger partial charge in [-0.05, 0) is 58.8 Å². The second kappa shape index (κ2) is 13.3. The first-order valence-electron chi connectivity index (χ1n) is 12.3. The zero-order chi connectivity index (χ0) is 25.1. The first-order valence-corrected chi connectivity index (χ1v) is 12.3. The standard InChI is InChI=1S/C25H41N3O6/c1-25(2,3)34-24(32)27-16-12-19(13-17-27)9-10-21(29)28-15-7-5-6-8-20(18-28)23(31)26-14-11-22(30)33-4/h5-6,19-20H,7-18H2,1-4H3,(H,26,31). The second-order valence-corrected chi connectivity index (χ2v) is 10.1. The number of methoxy groups -OCH3 is 1. The molecule has 0 bridgehead atoms. The molecule has 1 saturated heterocycles. The van der Waals surface area contributed by atoms with Gasteiger partial charge < -0.3 is 24.6 Å². The number of hydrogen-bond donors (Lipinski definition) is 1. The minimum atomic E-state index is -0.502. The van der Waals surface area contributed by atoms with Gasteiger partial charge in [-0.2, -0.15) is 0 Å². The quantitative estimate of drug-likeness (QED) is 0.445. The second-order valence-electron chi connectivity index (χ2n) is 10.1. The van der Waals surface area contributed by atoms with Crippen molar-refractivity contribution in [3.8, 4) is 0 Å². The van der Waals surface area contributed by atoms with Crippen LogP contribution in [0, 0.1) is 11.8 Å². The largest absolute Gasteiger partial charge is 0.469 e. The number of piperidine rings is 1. The molecule has 0 saturated carbocycles. The van der Waals surface area contributed by atoms with Gasteiger partial charge in [0.05, 0.1) is 19.4 Å². The van der Waals surface area contributed by atoms with Crippen molar-refractivity contribution in [2.24, 2.45) is 11.8 Å². The minimum Gasteiger partial charge on any atom is -0.469 e. The van der Waals surface area contributed by atoms with Crippen LogP contribution >= 0.6 is 0 Å². The Labute approximate surface area is 203 Å². The van der Waals surface area contributed by atoms with Gasteiger partial charge in [0.15, 0.2) is 0 Å². The van der Waals surface area contributed by atoms with E-state index in [-0.39, 0.29) is 42.8 Å². The molecule has 2 aliphatic rings. The molecule has 0 aliphatic carbocycles. The highest BCUT2D eigenvalue weighted by Crippen LogP contribution is 2.24. The van der Waals surface area contributed by atoms with Crippen LogP contribution in [0.4, 0.5) is 4.79 Å². The lowest BCUT2D eigenvalue weighted by Crippen LogP contribution is -2.43. The Morgan fingerprint density at radius 3 is 2.35 bits per heavy atom. The van der Waals surface area contributed by atoms with Gasteiger partial charge in [-0.3, -0.25) is 14.4 Å². The Hall–Kier alpha value is -2.58. The van der Waals surface area contributed by atoms with Gasteiger partial charge in [0.1, 0.15) is 5.60 Å². The van der Waals surface area contributed by atoms with E-state index in [1.165, 1.54) is 7.11 Å². The molecule has 2 aliphatic heterocycles. The Morgan fingerprint density at radius 1 is 1.00 bits per heavy atom. The molecule has 0 radical (unpaired) electrons. The average Bonchev–Trinajstić information content (AvgIpc) is 2.76. The molecule has 0 aromatic carbocycles. The van der Waals surface area contributed by atoms with Crippen LogP contribution in [0.5, 0.6) is 0 Å². The van der Waals surface area contributed by atoms with Crippen molar-refractivity contribution in [3.05, 3.63) is 12.2 Å². The third-order valence-corrected chi connectivity index (χ3v) is 6.21. The SMILES string of the molecule is COC(=O)CCNC(=O)C1CC=CCCN(C(=O)CCC2CCN(C(=O)OC(C)(C)C)CC2)C1. The van der Waals surface area contributed by atoms with Crippen LogP contribution in [0.25, 0.3) is 0 Å². The summed E-state index contributed by atoms with van der Waals surface area (Å²) in [7, 11) is 1.32. The van der Waals surface area contributed by atoms with Gasteiger partial charge in [0, 0.05) is 39.1 Å². The maximum atomic E-state index is 13.0. The molecule has 1 atom stereocenters. The van der Waals surface area contributed by atoms with Crippen molar-refractivity contribution in [1.29, 1.82) is 0 Å². The number of allylic oxidation sites excluding steroid dienone is 1. The predicted octanol–water partition coefficient (Wildman–Crippen LogP) is 2.89. The summed E-state index contributed by atoms with van der Waals surface area (Å²) in [6, 6.07) is 0. The first kappa shape index (κ1) is 27.7. The molecule has 2 heterocycles. The third-order valence-electron chi connectivity index (χ3n) is 6.21. The number of likely N-dealkylation sites (tertiary alicyclic amines) is 1. The van der Waals surface area contributed by atoms with Crippen LogP contribution in [-0.4, -0.2) is 79.1 Å². The molecule has 1 N–H and O–H groups in total. The predicted molar refractivity (Wildman–Crippen MR) is 128 cm³/mol. The van der Waals surface area contributed by atoms with E-state index < -0.39 is 5.60 Å². The van der Waals surface area contributed by atoms with Crippen LogP contribution in [0.1, 0.15) is 65.7 Å². The number of rotatable bonds is 7. The maximum Gasteiger partial charge on any atom is 0.410 e. The number of nitrogens with one attached hydrogen (secondary N) is 1. The molecule has 1 unspecified atom stereocenters.